The second kappa shape index (κ2) is 11.6. The van der Waals surface area contributed by atoms with Gasteiger partial charge in [-0.3, -0.25) is 9.97 Å². The van der Waals surface area contributed by atoms with Gasteiger partial charge in [-0.1, -0.05) is 108 Å². The SMILES string of the molecule is Cc1cc(-c2ccccc2)c2ccc3c(-c4ccccc4)cc(C)nc3c2n1.Clc1ccc2ccc3ccc(Cl)nc3c2n1. The zero-order chi connectivity index (χ0) is 30.2. The van der Waals surface area contributed by atoms with Crippen LogP contribution in [0, 0.1) is 13.8 Å². The van der Waals surface area contributed by atoms with E-state index < -0.39 is 0 Å². The summed E-state index contributed by atoms with van der Waals surface area (Å²) in [5, 5.41) is 5.21. The van der Waals surface area contributed by atoms with E-state index in [1.54, 1.807) is 12.1 Å². The van der Waals surface area contributed by atoms with Gasteiger partial charge in [-0.15, -0.1) is 0 Å². The minimum Gasteiger partial charge on any atom is -0.251 e. The van der Waals surface area contributed by atoms with Gasteiger partial charge in [0.25, 0.3) is 0 Å². The normalized spacial score (nSPS) is 11.2. The summed E-state index contributed by atoms with van der Waals surface area (Å²) in [7, 11) is 0. The molecule has 0 aliphatic rings. The maximum absolute atomic E-state index is 5.89. The van der Waals surface area contributed by atoms with Crippen molar-refractivity contribution in [2.75, 3.05) is 0 Å². The third kappa shape index (κ3) is 5.35. The van der Waals surface area contributed by atoms with E-state index in [-0.39, 0.29) is 0 Å². The van der Waals surface area contributed by atoms with Crippen LogP contribution >= 0.6 is 23.2 Å². The van der Waals surface area contributed by atoms with Crippen LogP contribution in [0.2, 0.25) is 10.3 Å². The molecule has 0 unspecified atom stereocenters. The first-order valence-electron chi connectivity index (χ1n) is 14.3. The molecule has 4 aromatic carbocycles. The molecule has 0 bridgehead atoms. The average molecular weight is 610 g/mol. The van der Waals surface area contributed by atoms with Crippen LogP contribution in [0.4, 0.5) is 0 Å². The summed E-state index contributed by atoms with van der Waals surface area (Å²) in [6.45, 7) is 4.11. The summed E-state index contributed by atoms with van der Waals surface area (Å²) in [6.07, 6.45) is 0. The first kappa shape index (κ1) is 27.9. The Morgan fingerprint density at radius 3 is 1.20 bits per heavy atom. The van der Waals surface area contributed by atoms with Crippen LogP contribution in [-0.2, 0) is 0 Å². The maximum atomic E-state index is 5.89. The summed E-state index contributed by atoms with van der Waals surface area (Å²) in [4.78, 5) is 18.4. The van der Waals surface area contributed by atoms with Crippen LogP contribution in [0.3, 0.4) is 0 Å². The highest BCUT2D eigenvalue weighted by Gasteiger charge is 2.14. The standard InChI is InChI=1S/C26H20N2.C12H6Cl2N2/c1-17-15-23(19-9-5-3-6-10-19)21-13-14-22-24(20-11-7-4-8-12-20)16-18(2)28-26(22)25(21)27-17;13-9-5-3-7-1-2-8-4-6-10(14)16-12(8)11(7)15-9/h3-16H,1-2H3;1-6H. The molecular weight excluding hydrogens is 583 g/mol. The maximum Gasteiger partial charge on any atom is 0.129 e. The van der Waals surface area contributed by atoms with E-state index in [4.69, 9.17) is 33.2 Å². The Labute approximate surface area is 265 Å². The Kier molecular flexibility index (Phi) is 7.39. The minimum absolute atomic E-state index is 0.460. The topological polar surface area (TPSA) is 51.6 Å². The quantitative estimate of drug-likeness (QED) is 0.145. The van der Waals surface area contributed by atoms with Gasteiger partial charge in [0, 0.05) is 32.9 Å². The molecule has 8 aromatic rings. The lowest BCUT2D eigenvalue weighted by Gasteiger charge is -2.13. The number of rotatable bonds is 2. The number of hydrogen-bond acceptors (Lipinski definition) is 4. The monoisotopic (exact) mass is 608 g/mol. The van der Waals surface area contributed by atoms with Gasteiger partial charge in [0.05, 0.1) is 22.1 Å². The molecule has 0 N–H and O–H groups in total. The van der Waals surface area contributed by atoms with E-state index in [1.807, 2.05) is 36.4 Å². The van der Waals surface area contributed by atoms with E-state index in [1.165, 1.54) is 22.3 Å². The number of aryl methyl sites for hydroxylation is 2. The lowest BCUT2D eigenvalue weighted by Crippen LogP contribution is -1.94. The fourth-order valence-electron chi connectivity index (χ4n) is 5.66. The smallest absolute Gasteiger partial charge is 0.129 e. The van der Waals surface area contributed by atoms with Crippen molar-refractivity contribution >= 4 is 66.8 Å². The summed E-state index contributed by atoms with van der Waals surface area (Å²) >= 11 is 11.8. The van der Waals surface area contributed by atoms with Crippen molar-refractivity contribution < 1.29 is 0 Å². The zero-order valence-corrected chi connectivity index (χ0v) is 25.6. The molecule has 44 heavy (non-hydrogen) atoms. The lowest BCUT2D eigenvalue weighted by atomic mass is 9.95. The molecule has 0 aliphatic heterocycles. The third-order valence-corrected chi connectivity index (χ3v) is 8.06. The van der Waals surface area contributed by atoms with Crippen molar-refractivity contribution in [3.05, 3.63) is 143 Å². The molecular formula is C38H26Cl2N4. The highest BCUT2D eigenvalue weighted by Crippen LogP contribution is 2.36. The van der Waals surface area contributed by atoms with Gasteiger partial charge in [0.2, 0.25) is 0 Å². The molecule has 8 rings (SSSR count). The second-order valence-corrected chi connectivity index (χ2v) is 11.5. The van der Waals surface area contributed by atoms with Crippen molar-refractivity contribution in [2.45, 2.75) is 13.8 Å². The van der Waals surface area contributed by atoms with E-state index in [2.05, 4.69) is 96.6 Å². The molecule has 4 nitrogen and oxygen atoms in total. The Hall–Kier alpha value is -4.90. The van der Waals surface area contributed by atoms with Crippen molar-refractivity contribution in [3.63, 3.8) is 0 Å². The van der Waals surface area contributed by atoms with E-state index in [0.717, 1.165) is 55.0 Å². The molecule has 0 spiro atoms. The molecule has 0 aliphatic carbocycles. The van der Waals surface area contributed by atoms with E-state index in [0.29, 0.717) is 10.3 Å². The molecule has 212 valence electrons. The van der Waals surface area contributed by atoms with Crippen molar-refractivity contribution in [2.24, 2.45) is 0 Å². The number of pyridine rings is 4. The Bertz CT molecular complexity index is 2160. The second-order valence-electron chi connectivity index (χ2n) is 10.7. The fourth-order valence-corrected chi connectivity index (χ4v) is 5.96. The Morgan fingerprint density at radius 2 is 0.795 bits per heavy atom. The van der Waals surface area contributed by atoms with Gasteiger partial charge in [-0.25, -0.2) is 9.97 Å². The number of hydrogen-bond donors (Lipinski definition) is 0. The minimum atomic E-state index is 0.460. The molecule has 0 radical (unpaired) electrons. The molecule has 0 fully saturated rings. The molecule has 0 amide bonds. The Balaban J connectivity index is 0.000000165. The van der Waals surface area contributed by atoms with Crippen molar-refractivity contribution in [3.8, 4) is 22.3 Å². The molecule has 0 saturated carbocycles. The zero-order valence-electron chi connectivity index (χ0n) is 24.1. The predicted molar refractivity (Wildman–Crippen MR) is 184 cm³/mol. The van der Waals surface area contributed by atoms with E-state index in [9.17, 15) is 0 Å². The average Bonchev–Trinajstić information content (AvgIpc) is 3.05. The fraction of sp³-hybridized carbons (Fsp3) is 0.0526. The largest absolute Gasteiger partial charge is 0.251 e. The predicted octanol–water partition coefficient (Wildman–Crippen LogP) is 10.8. The summed E-state index contributed by atoms with van der Waals surface area (Å²) in [6, 6.07) is 41.1. The molecule has 6 heteroatoms. The first-order chi connectivity index (χ1) is 21.4. The van der Waals surface area contributed by atoms with Gasteiger partial charge in [-0.2, -0.15) is 0 Å². The number of fused-ring (bicyclic) bond motifs is 6. The van der Waals surface area contributed by atoms with Crippen LogP contribution in [0.5, 0.6) is 0 Å². The van der Waals surface area contributed by atoms with Crippen LogP contribution in [0.25, 0.3) is 65.9 Å². The first-order valence-corrected chi connectivity index (χ1v) is 15.0. The lowest BCUT2D eigenvalue weighted by molar-refractivity contribution is 1.23. The highest BCUT2D eigenvalue weighted by atomic mass is 35.5. The Morgan fingerprint density at radius 1 is 0.409 bits per heavy atom. The highest BCUT2D eigenvalue weighted by molar-refractivity contribution is 6.30. The molecule has 4 heterocycles. The van der Waals surface area contributed by atoms with Crippen molar-refractivity contribution in [1.82, 2.24) is 19.9 Å². The van der Waals surface area contributed by atoms with Gasteiger partial charge < -0.3 is 0 Å². The number of benzene rings is 4. The van der Waals surface area contributed by atoms with Gasteiger partial charge in [0.15, 0.2) is 0 Å². The van der Waals surface area contributed by atoms with Crippen molar-refractivity contribution in [1.29, 1.82) is 0 Å². The summed E-state index contributed by atoms with van der Waals surface area (Å²) in [5.74, 6) is 0. The summed E-state index contributed by atoms with van der Waals surface area (Å²) < 4.78 is 0. The third-order valence-electron chi connectivity index (χ3n) is 7.64. The van der Waals surface area contributed by atoms with Crippen LogP contribution < -0.4 is 0 Å². The number of halogens is 2. The van der Waals surface area contributed by atoms with Crippen LogP contribution in [0.1, 0.15) is 11.4 Å². The van der Waals surface area contributed by atoms with Gasteiger partial charge in [0.1, 0.15) is 10.3 Å². The van der Waals surface area contributed by atoms with Crippen LogP contribution in [-0.4, -0.2) is 19.9 Å². The molecule has 0 atom stereocenters. The summed E-state index contributed by atoms with van der Waals surface area (Å²) in [5.41, 5.74) is 10.3. The number of nitrogens with zero attached hydrogens (tertiary/aromatic N) is 4. The van der Waals surface area contributed by atoms with Gasteiger partial charge in [-0.05, 0) is 72.5 Å². The van der Waals surface area contributed by atoms with E-state index >= 15 is 0 Å². The van der Waals surface area contributed by atoms with Gasteiger partial charge >= 0.3 is 0 Å². The molecule has 4 aromatic heterocycles. The number of aromatic nitrogens is 4. The van der Waals surface area contributed by atoms with Crippen LogP contribution in [0.15, 0.2) is 121 Å². The molecule has 0 saturated heterocycles.